The van der Waals surface area contributed by atoms with E-state index in [9.17, 15) is 4.79 Å². The van der Waals surface area contributed by atoms with Crippen molar-refractivity contribution in [3.8, 4) is 5.75 Å². The highest BCUT2D eigenvalue weighted by Gasteiger charge is 2.28. The molecule has 1 N–H and O–H groups in total. The van der Waals surface area contributed by atoms with E-state index in [4.69, 9.17) is 9.47 Å². The van der Waals surface area contributed by atoms with Gasteiger partial charge < -0.3 is 19.7 Å². The van der Waals surface area contributed by atoms with Crippen molar-refractivity contribution in [1.82, 2.24) is 4.90 Å². The maximum atomic E-state index is 12.3. The molecule has 1 aromatic carbocycles. The van der Waals surface area contributed by atoms with Crippen molar-refractivity contribution in [2.24, 2.45) is 0 Å². The maximum Gasteiger partial charge on any atom is 0.256 e. The topological polar surface area (TPSA) is 50.8 Å². The molecule has 1 aliphatic heterocycles. The normalized spacial score (nSPS) is 15.7. The van der Waals surface area contributed by atoms with E-state index in [0.29, 0.717) is 6.61 Å². The number of nitrogens with zero attached hydrogens (tertiary/aromatic N) is 1. The van der Waals surface area contributed by atoms with Gasteiger partial charge in [-0.25, -0.2) is 0 Å². The van der Waals surface area contributed by atoms with E-state index < -0.39 is 5.60 Å². The number of likely N-dealkylation sites (tertiary alicyclic amines) is 1. The first-order valence-electron chi connectivity index (χ1n) is 9.92. The van der Waals surface area contributed by atoms with Gasteiger partial charge >= 0.3 is 0 Å². The molecular formula is C21H34N2O3. The third kappa shape index (κ3) is 6.96. The number of piperidine rings is 1. The molecule has 0 bridgehead atoms. The van der Waals surface area contributed by atoms with E-state index in [-0.39, 0.29) is 5.91 Å². The van der Waals surface area contributed by atoms with Gasteiger partial charge in [0.1, 0.15) is 11.4 Å². The van der Waals surface area contributed by atoms with Gasteiger partial charge in [-0.3, -0.25) is 4.79 Å². The Morgan fingerprint density at radius 1 is 1.12 bits per heavy atom. The smallest absolute Gasteiger partial charge is 0.256 e. The first-order chi connectivity index (χ1) is 12.5. The lowest BCUT2D eigenvalue weighted by molar-refractivity contribution is -0.137. The lowest BCUT2D eigenvalue weighted by Gasteiger charge is -2.26. The van der Waals surface area contributed by atoms with Crippen LogP contribution in [0.2, 0.25) is 0 Å². The van der Waals surface area contributed by atoms with Crippen LogP contribution in [0.5, 0.6) is 5.75 Å². The van der Waals surface area contributed by atoms with Crippen LogP contribution in [0.4, 0.5) is 5.69 Å². The number of amides is 1. The molecule has 26 heavy (non-hydrogen) atoms. The van der Waals surface area contributed by atoms with Crippen LogP contribution >= 0.6 is 0 Å². The molecule has 0 atom stereocenters. The third-order valence-corrected chi connectivity index (χ3v) is 4.66. The van der Waals surface area contributed by atoms with Gasteiger partial charge in [0.25, 0.3) is 5.91 Å². The summed E-state index contributed by atoms with van der Waals surface area (Å²) < 4.78 is 11.4. The van der Waals surface area contributed by atoms with E-state index in [0.717, 1.165) is 37.4 Å². The van der Waals surface area contributed by atoms with Crippen LogP contribution in [-0.2, 0) is 9.53 Å². The fourth-order valence-electron chi connectivity index (χ4n) is 3.00. The number of carbonyl (C=O) groups is 1. The Bertz CT molecular complexity index is 537. The van der Waals surface area contributed by atoms with Crippen molar-refractivity contribution < 1.29 is 14.3 Å². The number of hydrogen-bond acceptors (Lipinski definition) is 4. The molecule has 1 aromatic rings. The van der Waals surface area contributed by atoms with Crippen LogP contribution in [0.15, 0.2) is 24.3 Å². The number of benzene rings is 1. The molecule has 0 radical (unpaired) electrons. The van der Waals surface area contributed by atoms with E-state index in [1.807, 2.05) is 31.2 Å². The quantitative estimate of drug-likeness (QED) is 0.637. The minimum absolute atomic E-state index is 0.138. The number of nitrogens with one attached hydrogen (secondary N) is 1. The molecule has 5 heteroatoms. The highest BCUT2D eigenvalue weighted by atomic mass is 16.5. The second-order valence-electron chi connectivity index (χ2n) is 7.44. The van der Waals surface area contributed by atoms with Gasteiger partial charge in [0, 0.05) is 18.8 Å². The van der Waals surface area contributed by atoms with Crippen molar-refractivity contribution in [2.45, 2.75) is 58.5 Å². The zero-order valence-electron chi connectivity index (χ0n) is 16.6. The van der Waals surface area contributed by atoms with Crippen LogP contribution in [0.1, 0.15) is 52.9 Å². The number of rotatable bonds is 10. The van der Waals surface area contributed by atoms with E-state index in [1.54, 1.807) is 13.8 Å². The summed E-state index contributed by atoms with van der Waals surface area (Å²) >= 11 is 0. The molecule has 1 aliphatic rings. The number of carbonyl (C=O) groups excluding carboxylic acids is 1. The van der Waals surface area contributed by atoms with Crippen LogP contribution < -0.4 is 10.1 Å². The molecular weight excluding hydrogens is 328 g/mol. The molecule has 1 heterocycles. The molecule has 2 rings (SSSR count). The molecule has 0 unspecified atom stereocenters. The van der Waals surface area contributed by atoms with Crippen LogP contribution in [0.25, 0.3) is 0 Å². The molecule has 0 aromatic heterocycles. The lowest BCUT2D eigenvalue weighted by atomic mass is 10.1. The molecule has 146 valence electrons. The van der Waals surface area contributed by atoms with Crippen molar-refractivity contribution >= 4 is 11.6 Å². The average Bonchev–Trinajstić information content (AvgIpc) is 2.65. The van der Waals surface area contributed by atoms with Crippen molar-refractivity contribution in [2.75, 3.05) is 38.2 Å². The van der Waals surface area contributed by atoms with Gasteiger partial charge in [-0.15, -0.1) is 0 Å². The summed E-state index contributed by atoms with van der Waals surface area (Å²) in [6, 6.07) is 7.54. The van der Waals surface area contributed by atoms with Crippen LogP contribution in [0, 0.1) is 0 Å². The predicted molar refractivity (Wildman–Crippen MR) is 106 cm³/mol. The van der Waals surface area contributed by atoms with Crippen molar-refractivity contribution in [3.63, 3.8) is 0 Å². The number of anilines is 1. The van der Waals surface area contributed by atoms with Crippen molar-refractivity contribution in [3.05, 3.63) is 24.3 Å². The first-order valence-corrected chi connectivity index (χ1v) is 9.92. The molecule has 1 saturated heterocycles. The monoisotopic (exact) mass is 362 g/mol. The number of hydrogen-bond donors (Lipinski definition) is 1. The van der Waals surface area contributed by atoms with Gasteiger partial charge in [0.2, 0.25) is 0 Å². The highest BCUT2D eigenvalue weighted by Crippen LogP contribution is 2.19. The summed E-state index contributed by atoms with van der Waals surface area (Å²) in [6.45, 7) is 10.5. The van der Waals surface area contributed by atoms with Gasteiger partial charge in [-0.1, -0.05) is 13.3 Å². The second kappa shape index (κ2) is 10.5. The highest BCUT2D eigenvalue weighted by molar-refractivity contribution is 5.96. The summed E-state index contributed by atoms with van der Waals surface area (Å²) in [5.74, 6) is 0.698. The molecule has 0 aliphatic carbocycles. The largest absolute Gasteiger partial charge is 0.494 e. The zero-order valence-corrected chi connectivity index (χ0v) is 16.6. The Morgan fingerprint density at radius 3 is 2.46 bits per heavy atom. The summed E-state index contributed by atoms with van der Waals surface area (Å²) in [5, 5.41) is 2.90. The second-order valence-corrected chi connectivity index (χ2v) is 7.44. The van der Waals surface area contributed by atoms with Crippen LogP contribution in [-0.4, -0.2) is 49.3 Å². The molecule has 0 saturated carbocycles. The Balaban J connectivity index is 1.71. The predicted octanol–water partition coefficient (Wildman–Crippen LogP) is 4.09. The summed E-state index contributed by atoms with van der Waals surface area (Å²) in [5.41, 5.74) is -0.0801. The standard InChI is InChI=1S/C21H34N2O3/c1-4-16-26-21(2,3)20(24)22-18-9-11-19(12-10-18)25-17-8-15-23-13-6-5-7-14-23/h9-12H,4-8,13-17H2,1-3H3,(H,22,24). The van der Waals surface area contributed by atoms with Crippen LogP contribution in [0.3, 0.4) is 0 Å². The van der Waals surface area contributed by atoms with E-state index in [2.05, 4.69) is 10.2 Å². The molecule has 1 fully saturated rings. The zero-order chi connectivity index (χ0) is 18.8. The summed E-state index contributed by atoms with van der Waals surface area (Å²) in [6.07, 6.45) is 5.96. The van der Waals surface area contributed by atoms with Gasteiger partial charge in [0.05, 0.1) is 6.61 Å². The van der Waals surface area contributed by atoms with Crippen molar-refractivity contribution in [1.29, 1.82) is 0 Å². The molecule has 0 spiro atoms. The fourth-order valence-corrected chi connectivity index (χ4v) is 3.00. The summed E-state index contributed by atoms with van der Waals surface area (Å²) in [4.78, 5) is 14.8. The average molecular weight is 363 g/mol. The Hall–Kier alpha value is -1.59. The summed E-state index contributed by atoms with van der Waals surface area (Å²) in [7, 11) is 0. The molecule has 5 nitrogen and oxygen atoms in total. The van der Waals surface area contributed by atoms with Gasteiger partial charge in [-0.2, -0.15) is 0 Å². The minimum Gasteiger partial charge on any atom is -0.494 e. The first kappa shape index (κ1) is 20.7. The Labute approximate surface area is 158 Å². The maximum absolute atomic E-state index is 12.3. The third-order valence-electron chi connectivity index (χ3n) is 4.66. The van der Waals surface area contributed by atoms with E-state index >= 15 is 0 Å². The Morgan fingerprint density at radius 2 is 1.81 bits per heavy atom. The van der Waals surface area contributed by atoms with Gasteiger partial charge in [-0.05, 0) is 76.9 Å². The van der Waals surface area contributed by atoms with E-state index in [1.165, 1.54) is 32.4 Å². The molecule has 1 amide bonds. The fraction of sp³-hybridized carbons (Fsp3) is 0.667. The minimum atomic E-state index is -0.834. The lowest BCUT2D eigenvalue weighted by Crippen LogP contribution is -2.40. The number of ether oxygens (including phenoxy) is 2. The Kier molecular flexibility index (Phi) is 8.39. The van der Waals surface area contributed by atoms with Gasteiger partial charge in [0.15, 0.2) is 0 Å². The SMILES string of the molecule is CCCOC(C)(C)C(=O)Nc1ccc(OCCCN2CCCCC2)cc1.